The third-order valence-electron chi connectivity index (χ3n) is 3.04. The highest BCUT2D eigenvalue weighted by Gasteiger charge is 2.43. The van der Waals surface area contributed by atoms with Crippen molar-refractivity contribution in [2.45, 2.75) is 12.3 Å². The van der Waals surface area contributed by atoms with Crippen LogP contribution in [0, 0.1) is 5.92 Å². The molecule has 1 aromatic carbocycles. The van der Waals surface area contributed by atoms with Crippen LogP contribution in [0.4, 0.5) is 5.82 Å². The summed E-state index contributed by atoms with van der Waals surface area (Å²) in [6.45, 7) is 0. The summed E-state index contributed by atoms with van der Waals surface area (Å²) < 4.78 is 4.66. The van der Waals surface area contributed by atoms with E-state index >= 15 is 0 Å². The summed E-state index contributed by atoms with van der Waals surface area (Å²) in [5.74, 6) is 0.915. The molecule has 1 aromatic heterocycles. The lowest BCUT2D eigenvalue weighted by Crippen LogP contribution is -2.14. The van der Waals surface area contributed by atoms with Crippen molar-refractivity contribution in [3.8, 4) is 0 Å². The third kappa shape index (κ3) is 2.06. The third-order valence-corrected chi connectivity index (χ3v) is 3.04. The quantitative estimate of drug-likeness (QED) is 0.877. The maximum atomic E-state index is 11.9. The van der Waals surface area contributed by atoms with Gasteiger partial charge in [0.15, 0.2) is 5.82 Å². The number of amides is 1. The Morgan fingerprint density at radius 1 is 1.29 bits per heavy atom. The number of anilines is 1. The van der Waals surface area contributed by atoms with Crippen molar-refractivity contribution in [1.82, 2.24) is 5.16 Å². The summed E-state index contributed by atoms with van der Waals surface area (Å²) in [5.41, 5.74) is 1.23. The van der Waals surface area contributed by atoms with Crippen LogP contribution in [0.15, 0.2) is 47.2 Å². The molecule has 86 valence electrons. The van der Waals surface area contributed by atoms with Crippen LogP contribution in [0.5, 0.6) is 0 Å². The smallest absolute Gasteiger partial charge is 0.229 e. The first-order valence-corrected chi connectivity index (χ1v) is 5.61. The molecule has 17 heavy (non-hydrogen) atoms. The van der Waals surface area contributed by atoms with E-state index in [1.54, 1.807) is 6.07 Å². The van der Waals surface area contributed by atoms with Crippen LogP contribution < -0.4 is 5.32 Å². The number of nitrogens with zero attached hydrogens (tertiary/aromatic N) is 1. The van der Waals surface area contributed by atoms with Gasteiger partial charge in [0.1, 0.15) is 6.26 Å². The highest BCUT2D eigenvalue weighted by molar-refractivity contribution is 5.94. The van der Waals surface area contributed by atoms with Gasteiger partial charge in [-0.2, -0.15) is 0 Å². The average Bonchev–Trinajstić information content (AvgIpc) is 3.02. The molecular formula is C13H12N2O2. The van der Waals surface area contributed by atoms with Gasteiger partial charge in [-0.05, 0) is 17.9 Å². The van der Waals surface area contributed by atoms with E-state index in [1.807, 2.05) is 18.2 Å². The summed E-state index contributed by atoms with van der Waals surface area (Å²) >= 11 is 0. The van der Waals surface area contributed by atoms with E-state index in [0.717, 1.165) is 6.42 Å². The molecule has 0 saturated heterocycles. The fourth-order valence-corrected chi connectivity index (χ4v) is 2.05. The van der Waals surface area contributed by atoms with Crippen LogP contribution in [0.2, 0.25) is 0 Å². The first kappa shape index (κ1) is 10.1. The monoisotopic (exact) mass is 228 g/mol. The normalized spacial score (nSPS) is 22.1. The first-order chi connectivity index (χ1) is 8.34. The minimum absolute atomic E-state index is 0.0211. The summed E-state index contributed by atoms with van der Waals surface area (Å²) in [6.07, 6.45) is 2.35. The molecule has 0 spiro atoms. The molecule has 1 saturated carbocycles. The van der Waals surface area contributed by atoms with Gasteiger partial charge in [0.05, 0.1) is 0 Å². The fraction of sp³-hybridized carbons (Fsp3) is 0.231. The molecule has 0 bridgehead atoms. The standard InChI is InChI=1S/C13H12N2O2/c16-13(14-12-6-7-17-15-12)11-8-10(11)9-4-2-1-3-5-9/h1-7,10-11H,8H2,(H,14,15,16). The molecule has 2 atom stereocenters. The predicted octanol–water partition coefficient (Wildman–Crippen LogP) is 2.42. The molecule has 1 aliphatic carbocycles. The van der Waals surface area contributed by atoms with Crippen LogP contribution in [0.3, 0.4) is 0 Å². The number of carbonyl (C=O) groups is 1. The van der Waals surface area contributed by atoms with Crippen LogP contribution in [-0.4, -0.2) is 11.1 Å². The van der Waals surface area contributed by atoms with Gasteiger partial charge in [0, 0.05) is 12.0 Å². The highest BCUT2D eigenvalue weighted by atomic mass is 16.5. The number of aromatic nitrogens is 1. The summed E-state index contributed by atoms with van der Waals surface area (Å²) in [4.78, 5) is 11.9. The molecule has 4 nitrogen and oxygen atoms in total. The Hall–Kier alpha value is -2.10. The molecule has 1 N–H and O–H groups in total. The lowest BCUT2D eigenvalue weighted by atomic mass is 10.1. The van der Waals surface area contributed by atoms with Crippen molar-refractivity contribution in [1.29, 1.82) is 0 Å². The predicted molar refractivity (Wildman–Crippen MR) is 62.4 cm³/mol. The van der Waals surface area contributed by atoms with Gasteiger partial charge in [0.2, 0.25) is 5.91 Å². The molecule has 4 heteroatoms. The van der Waals surface area contributed by atoms with E-state index in [1.165, 1.54) is 11.8 Å². The van der Waals surface area contributed by atoms with Crippen molar-refractivity contribution in [3.63, 3.8) is 0 Å². The van der Waals surface area contributed by atoms with E-state index in [-0.39, 0.29) is 11.8 Å². The number of hydrogen-bond donors (Lipinski definition) is 1. The largest absolute Gasteiger partial charge is 0.363 e. The second-order valence-corrected chi connectivity index (χ2v) is 4.23. The summed E-state index contributed by atoms with van der Waals surface area (Å²) in [5, 5.41) is 6.40. The number of nitrogens with one attached hydrogen (secondary N) is 1. The number of carbonyl (C=O) groups excluding carboxylic acids is 1. The van der Waals surface area contributed by atoms with Gasteiger partial charge >= 0.3 is 0 Å². The van der Waals surface area contributed by atoms with Gasteiger partial charge < -0.3 is 9.84 Å². The maximum absolute atomic E-state index is 11.9. The van der Waals surface area contributed by atoms with E-state index in [9.17, 15) is 4.79 Å². The zero-order chi connectivity index (χ0) is 11.7. The van der Waals surface area contributed by atoms with Gasteiger partial charge in [-0.1, -0.05) is 35.5 Å². The zero-order valence-corrected chi connectivity index (χ0v) is 9.17. The van der Waals surface area contributed by atoms with Crippen molar-refractivity contribution >= 4 is 11.7 Å². The second kappa shape index (κ2) is 4.05. The van der Waals surface area contributed by atoms with Crippen molar-refractivity contribution in [3.05, 3.63) is 48.2 Å². The molecule has 1 fully saturated rings. The Labute approximate surface area is 98.6 Å². The average molecular weight is 228 g/mol. The molecule has 1 heterocycles. The number of hydrogen-bond acceptors (Lipinski definition) is 3. The molecule has 1 aliphatic rings. The lowest BCUT2D eigenvalue weighted by Gasteiger charge is -2.00. The van der Waals surface area contributed by atoms with Crippen molar-refractivity contribution in [2.24, 2.45) is 5.92 Å². The molecule has 0 radical (unpaired) electrons. The van der Waals surface area contributed by atoms with Crippen LogP contribution in [-0.2, 0) is 4.79 Å². The van der Waals surface area contributed by atoms with E-state index in [0.29, 0.717) is 11.7 Å². The number of rotatable bonds is 3. The van der Waals surface area contributed by atoms with Gasteiger partial charge in [0.25, 0.3) is 0 Å². The van der Waals surface area contributed by atoms with E-state index < -0.39 is 0 Å². The summed E-state index contributed by atoms with van der Waals surface area (Å²) in [7, 11) is 0. The number of benzene rings is 1. The Bertz CT molecular complexity index is 507. The molecular weight excluding hydrogens is 216 g/mol. The van der Waals surface area contributed by atoms with Crippen LogP contribution >= 0.6 is 0 Å². The first-order valence-electron chi connectivity index (χ1n) is 5.61. The van der Waals surface area contributed by atoms with Crippen molar-refractivity contribution in [2.75, 3.05) is 5.32 Å². The minimum atomic E-state index is 0.0211. The van der Waals surface area contributed by atoms with Gasteiger partial charge in [-0.15, -0.1) is 0 Å². The van der Waals surface area contributed by atoms with Crippen molar-refractivity contribution < 1.29 is 9.32 Å². The summed E-state index contributed by atoms with van der Waals surface area (Å²) in [6, 6.07) is 11.7. The van der Waals surface area contributed by atoms with Gasteiger partial charge in [-0.25, -0.2) is 0 Å². The molecule has 0 aliphatic heterocycles. The van der Waals surface area contributed by atoms with Crippen LogP contribution in [0.1, 0.15) is 17.9 Å². The second-order valence-electron chi connectivity index (χ2n) is 4.23. The Balaban J connectivity index is 1.63. The van der Waals surface area contributed by atoms with Crippen LogP contribution in [0.25, 0.3) is 0 Å². The fourth-order valence-electron chi connectivity index (χ4n) is 2.05. The maximum Gasteiger partial charge on any atom is 0.229 e. The Morgan fingerprint density at radius 2 is 2.12 bits per heavy atom. The zero-order valence-electron chi connectivity index (χ0n) is 9.17. The molecule has 2 aromatic rings. The molecule has 3 rings (SSSR count). The van der Waals surface area contributed by atoms with Gasteiger partial charge in [-0.3, -0.25) is 4.79 Å². The minimum Gasteiger partial charge on any atom is -0.363 e. The van der Waals surface area contributed by atoms with E-state index in [2.05, 4.69) is 27.1 Å². The Kier molecular flexibility index (Phi) is 2.40. The topological polar surface area (TPSA) is 55.1 Å². The Morgan fingerprint density at radius 3 is 2.82 bits per heavy atom. The van der Waals surface area contributed by atoms with E-state index in [4.69, 9.17) is 0 Å². The SMILES string of the molecule is O=C(Nc1ccon1)C1CC1c1ccccc1. The molecule has 2 unspecified atom stereocenters. The lowest BCUT2D eigenvalue weighted by molar-refractivity contribution is -0.117. The highest BCUT2D eigenvalue weighted by Crippen LogP contribution is 2.47. The molecule has 1 amide bonds.